The van der Waals surface area contributed by atoms with Crippen LogP contribution in [0.4, 0.5) is 0 Å². The van der Waals surface area contributed by atoms with Gasteiger partial charge >= 0.3 is 5.97 Å². The summed E-state index contributed by atoms with van der Waals surface area (Å²) in [5.41, 5.74) is 0.344. The second-order valence-corrected chi connectivity index (χ2v) is 5.96. The van der Waals surface area contributed by atoms with Gasteiger partial charge in [0.2, 0.25) is 0 Å². The number of ether oxygens (including phenoxy) is 4. The number of carbonyl (C=O) groups is 2. The molecular formula is C17H24O6. The lowest BCUT2D eigenvalue weighted by Crippen LogP contribution is -2.57. The zero-order chi connectivity index (χ0) is 16.9. The van der Waals surface area contributed by atoms with Crippen molar-refractivity contribution in [2.24, 2.45) is 0 Å². The Morgan fingerprint density at radius 2 is 2.30 bits per heavy atom. The Kier molecular flexibility index (Phi) is 5.96. The van der Waals surface area contributed by atoms with Crippen molar-refractivity contribution >= 4 is 12.3 Å². The predicted octanol–water partition coefficient (Wildman–Crippen LogP) is 1.93. The smallest absolute Gasteiger partial charge is 0.333 e. The van der Waals surface area contributed by atoms with E-state index in [0.29, 0.717) is 19.6 Å². The lowest BCUT2D eigenvalue weighted by molar-refractivity contribution is -0.221. The average molecular weight is 324 g/mol. The van der Waals surface area contributed by atoms with Crippen LogP contribution >= 0.6 is 0 Å². The molecule has 2 aliphatic heterocycles. The van der Waals surface area contributed by atoms with Crippen LogP contribution in [0, 0.1) is 0 Å². The van der Waals surface area contributed by atoms with Crippen molar-refractivity contribution in [1.82, 2.24) is 0 Å². The second kappa shape index (κ2) is 7.75. The lowest BCUT2D eigenvalue weighted by atomic mass is 9.83. The van der Waals surface area contributed by atoms with Gasteiger partial charge in [-0.05, 0) is 26.3 Å². The van der Waals surface area contributed by atoms with Gasteiger partial charge in [-0.25, -0.2) is 4.79 Å². The molecule has 6 nitrogen and oxygen atoms in total. The Labute approximate surface area is 136 Å². The Balaban J connectivity index is 2.08. The summed E-state index contributed by atoms with van der Waals surface area (Å²) in [5, 5.41) is 0. The standard InChI is InChI=1S/C17H24O6/c1-4-20-15(19)6-10-22-14-11-13-16(12(2)5-9-21-13)23-17(14,3)7-8-18/h5-6,8,10,13-14,16H,4,7,9,11H2,1-3H3/b10-6+/t13-,14+,16+,17-/m0/s1. The van der Waals surface area contributed by atoms with Crippen molar-refractivity contribution in [3.63, 3.8) is 0 Å². The highest BCUT2D eigenvalue weighted by Gasteiger charge is 2.48. The molecule has 0 radical (unpaired) electrons. The molecule has 0 spiro atoms. The Morgan fingerprint density at radius 3 is 3.00 bits per heavy atom. The molecule has 0 unspecified atom stereocenters. The van der Waals surface area contributed by atoms with Crippen LogP contribution in [0.2, 0.25) is 0 Å². The van der Waals surface area contributed by atoms with Crippen LogP contribution in [-0.4, -0.2) is 49.4 Å². The molecule has 0 bridgehead atoms. The highest BCUT2D eigenvalue weighted by atomic mass is 16.6. The molecule has 1 saturated heterocycles. The van der Waals surface area contributed by atoms with Gasteiger partial charge in [-0.15, -0.1) is 0 Å². The first-order chi connectivity index (χ1) is 11.0. The molecule has 0 amide bonds. The average Bonchev–Trinajstić information content (AvgIpc) is 2.49. The van der Waals surface area contributed by atoms with Gasteiger partial charge in [-0.1, -0.05) is 6.08 Å². The van der Waals surface area contributed by atoms with Crippen LogP contribution in [0.3, 0.4) is 0 Å². The maximum atomic E-state index is 11.3. The van der Waals surface area contributed by atoms with Gasteiger partial charge in [0.1, 0.15) is 24.1 Å². The molecule has 0 aromatic carbocycles. The van der Waals surface area contributed by atoms with E-state index >= 15 is 0 Å². The van der Waals surface area contributed by atoms with E-state index in [2.05, 4.69) is 0 Å². The number of fused-ring (bicyclic) bond motifs is 1. The van der Waals surface area contributed by atoms with E-state index in [1.54, 1.807) is 6.92 Å². The maximum Gasteiger partial charge on any atom is 0.333 e. The van der Waals surface area contributed by atoms with E-state index in [1.807, 2.05) is 19.9 Å². The van der Waals surface area contributed by atoms with Crippen molar-refractivity contribution in [2.75, 3.05) is 13.2 Å². The van der Waals surface area contributed by atoms with Crippen molar-refractivity contribution in [3.8, 4) is 0 Å². The lowest BCUT2D eigenvalue weighted by Gasteiger charge is -2.48. The third-order valence-electron chi connectivity index (χ3n) is 4.25. The van der Waals surface area contributed by atoms with Gasteiger partial charge < -0.3 is 23.7 Å². The SMILES string of the molecule is CCOC(=O)/C=C/O[C@@H]1C[C@@H]2OCC=C(C)[C@H]2O[C@@]1(C)CC=O. The predicted molar refractivity (Wildman–Crippen MR) is 82.7 cm³/mol. The number of aldehydes is 1. The highest BCUT2D eigenvalue weighted by Crippen LogP contribution is 2.38. The molecule has 0 aromatic heterocycles. The van der Waals surface area contributed by atoms with Gasteiger partial charge in [0, 0.05) is 12.8 Å². The van der Waals surface area contributed by atoms with E-state index in [1.165, 1.54) is 12.3 Å². The van der Waals surface area contributed by atoms with Gasteiger partial charge in [-0.3, -0.25) is 0 Å². The molecule has 2 rings (SSSR count). The van der Waals surface area contributed by atoms with E-state index in [9.17, 15) is 9.59 Å². The largest absolute Gasteiger partial charge is 0.495 e. The van der Waals surface area contributed by atoms with Gasteiger partial charge in [-0.2, -0.15) is 0 Å². The van der Waals surface area contributed by atoms with Crippen LogP contribution < -0.4 is 0 Å². The Hall–Kier alpha value is -1.66. The molecule has 0 saturated carbocycles. The summed E-state index contributed by atoms with van der Waals surface area (Å²) < 4.78 is 22.4. The number of hydrogen-bond donors (Lipinski definition) is 0. The molecular weight excluding hydrogens is 300 g/mol. The summed E-state index contributed by atoms with van der Waals surface area (Å²) in [6.45, 7) is 6.44. The van der Waals surface area contributed by atoms with E-state index in [0.717, 1.165) is 11.9 Å². The van der Waals surface area contributed by atoms with Gasteiger partial charge in [0.05, 0.1) is 31.7 Å². The van der Waals surface area contributed by atoms with Gasteiger partial charge in [0.25, 0.3) is 0 Å². The molecule has 4 atom stereocenters. The molecule has 0 aliphatic carbocycles. The minimum absolute atomic E-state index is 0.110. The van der Waals surface area contributed by atoms with E-state index < -0.39 is 11.6 Å². The zero-order valence-corrected chi connectivity index (χ0v) is 13.8. The van der Waals surface area contributed by atoms with Gasteiger partial charge in [0.15, 0.2) is 0 Å². The third kappa shape index (κ3) is 4.20. The minimum Gasteiger partial charge on any atom is -0.495 e. The van der Waals surface area contributed by atoms with E-state index in [-0.39, 0.29) is 24.7 Å². The van der Waals surface area contributed by atoms with Crippen LogP contribution in [0.5, 0.6) is 0 Å². The minimum atomic E-state index is -0.766. The molecule has 1 fully saturated rings. The van der Waals surface area contributed by atoms with Crippen LogP contribution in [0.15, 0.2) is 24.0 Å². The van der Waals surface area contributed by atoms with Crippen LogP contribution in [0.1, 0.15) is 33.6 Å². The normalized spacial score (nSPS) is 33.7. The molecule has 6 heteroatoms. The summed E-state index contributed by atoms with van der Waals surface area (Å²) in [5.74, 6) is -0.466. The monoisotopic (exact) mass is 324 g/mol. The van der Waals surface area contributed by atoms with Crippen LogP contribution in [-0.2, 0) is 28.5 Å². The summed E-state index contributed by atoms with van der Waals surface area (Å²) in [6, 6.07) is 0. The zero-order valence-electron chi connectivity index (χ0n) is 13.8. The Morgan fingerprint density at radius 1 is 1.52 bits per heavy atom. The third-order valence-corrected chi connectivity index (χ3v) is 4.25. The molecule has 0 N–H and O–H groups in total. The topological polar surface area (TPSA) is 71.1 Å². The first-order valence-electron chi connectivity index (χ1n) is 7.88. The summed E-state index contributed by atoms with van der Waals surface area (Å²) in [7, 11) is 0. The second-order valence-electron chi connectivity index (χ2n) is 5.96. The van der Waals surface area contributed by atoms with E-state index in [4.69, 9.17) is 18.9 Å². The van der Waals surface area contributed by atoms with Crippen molar-refractivity contribution in [2.45, 2.75) is 57.5 Å². The summed E-state index contributed by atoms with van der Waals surface area (Å²) >= 11 is 0. The quantitative estimate of drug-likeness (QED) is 0.244. The first-order valence-corrected chi connectivity index (χ1v) is 7.88. The fourth-order valence-electron chi connectivity index (χ4n) is 2.91. The van der Waals surface area contributed by atoms with Crippen LogP contribution in [0.25, 0.3) is 0 Å². The first kappa shape index (κ1) is 17.7. The molecule has 23 heavy (non-hydrogen) atoms. The molecule has 0 aromatic rings. The van der Waals surface area contributed by atoms with Crippen molar-refractivity contribution < 1.29 is 28.5 Å². The fraction of sp³-hybridized carbons (Fsp3) is 0.647. The molecule has 128 valence electrons. The Bertz CT molecular complexity index is 497. The number of esters is 1. The number of carbonyl (C=O) groups excluding carboxylic acids is 2. The number of rotatable bonds is 6. The van der Waals surface area contributed by atoms with Crippen molar-refractivity contribution in [1.29, 1.82) is 0 Å². The maximum absolute atomic E-state index is 11.3. The number of hydrogen-bond acceptors (Lipinski definition) is 6. The molecule has 2 aliphatic rings. The fourth-order valence-corrected chi connectivity index (χ4v) is 2.91. The van der Waals surface area contributed by atoms with Crippen molar-refractivity contribution in [3.05, 3.63) is 24.0 Å². The highest BCUT2D eigenvalue weighted by molar-refractivity contribution is 5.81. The summed E-state index contributed by atoms with van der Waals surface area (Å²) in [6.07, 6.45) is 5.49. The molecule has 2 heterocycles. The summed E-state index contributed by atoms with van der Waals surface area (Å²) in [4.78, 5) is 22.4.